The summed E-state index contributed by atoms with van der Waals surface area (Å²) < 4.78 is 62.5. The standard InChI is InChI=1S/C27H27ClF4N6O3/c1-12(2)41-22-16(26(5,40)25-37-14(4)21-23(33)35-8-9-38(21)25)11-17(28)20(29)19(22)24(39)36-13(3)15-6-7-34-18(10-15)27(30,31)32/h6-13,40H,1-5H3,(H2,33,35)(H,36,39)/t13-,26?/m1/s1. The molecule has 0 aliphatic rings. The lowest BCUT2D eigenvalue weighted by molar-refractivity contribution is -0.141. The van der Waals surface area contributed by atoms with Crippen LogP contribution in [0, 0.1) is 12.7 Å². The summed E-state index contributed by atoms with van der Waals surface area (Å²) in [4.78, 5) is 25.3. The molecule has 0 spiro atoms. The Kier molecular flexibility index (Phi) is 7.89. The summed E-state index contributed by atoms with van der Waals surface area (Å²) in [6, 6.07) is 2.21. The third-order valence-electron chi connectivity index (χ3n) is 6.39. The van der Waals surface area contributed by atoms with E-state index in [9.17, 15) is 23.1 Å². The second-order valence-corrected chi connectivity index (χ2v) is 10.3. The number of nitrogens with one attached hydrogen (secondary N) is 1. The second-order valence-electron chi connectivity index (χ2n) is 9.88. The Labute approximate surface area is 237 Å². The third-order valence-corrected chi connectivity index (χ3v) is 6.67. The maximum atomic E-state index is 15.6. The highest BCUT2D eigenvalue weighted by Crippen LogP contribution is 2.42. The van der Waals surface area contributed by atoms with Gasteiger partial charge in [0.2, 0.25) is 0 Å². The number of aryl methyl sites for hydroxylation is 1. The van der Waals surface area contributed by atoms with E-state index in [0.29, 0.717) is 11.2 Å². The molecule has 4 aromatic rings. The van der Waals surface area contributed by atoms with Gasteiger partial charge in [0, 0.05) is 24.2 Å². The number of rotatable bonds is 7. The Morgan fingerprint density at radius 3 is 2.51 bits per heavy atom. The Morgan fingerprint density at radius 2 is 1.88 bits per heavy atom. The summed E-state index contributed by atoms with van der Waals surface area (Å²) in [5.41, 5.74) is 3.09. The summed E-state index contributed by atoms with van der Waals surface area (Å²) in [5.74, 6) is -2.28. The number of benzene rings is 1. The largest absolute Gasteiger partial charge is 0.490 e. The molecular formula is C27H27ClF4N6O3. The molecule has 1 amide bonds. The van der Waals surface area contributed by atoms with Gasteiger partial charge in [0.15, 0.2) is 5.82 Å². The minimum atomic E-state index is -4.70. The summed E-state index contributed by atoms with van der Waals surface area (Å²) in [6.45, 7) is 7.72. The number of nitrogens with zero attached hydrogens (tertiary/aromatic N) is 4. The molecular weight excluding hydrogens is 568 g/mol. The number of anilines is 1. The van der Waals surface area contributed by atoms with Crippen LogP contribution in [0.25, 0.3) is 5.52 Å². The topological polar surface area (TPSA) is 128 Å². The zero-order valence-electron chi connectivity index (χ0n) is 22.6. The maximum absolute atomic E-state index is 15.6. The first kappa shape index (κ1) is 30.0. The molecule has 0 aliphatic carbocycles. The molecule has 4 rings (SSSR count). The van der Waals surface area contributed by atoms with Gasteiger partial charge in [-0.25, -0.2) is 14.4 Å². The van der Waals surface area contributed by atoms with Crippen LogP contribution in [0.2, 0.25) is 5.02 Å². The second kappa shape index (κ2) is 10.8. The fourth-order valence-electron chi connectivity index (χ4n) is 4.46. The van der Waals surface area contributed by atoms with E-state index in [4.69, 9.17) is 22.1 Å². The molecule has 0 saturated carbocycles. The molecule has 1 aromatic carbocycles. The van der Waals surface area contributed by atoms with Crippen LogP contribution < -0.4 is 15.8 Å². The normalized spacial score (nSPS) is 14.2. The van der Waals surface area contributed by atoms with Crippen LogP contribution in [0.1, 0.15) is 72.4 Å². The number of nitrogens with two attached hydrogens (primary N) is 1. The predicted octanol–water partition coefficient (Wildman–Crippen LogP) is 5.36. The van der Waals surface area contributed by atoms with Crippen molar-refractivity contribution in [3.8, 4) is 5.75 Å². The lowest BCUT2D eigenvalue weighted by Crippen LogP contribution is -2.32. The van der Waals surface area contributed by atoms with E-state index < -0.39 is 51.9 Å². The van der Waals surface area contributed by atoms with E-state index in [1.54, 1.807) is 20.8 Å². The Balaban J connectivity index is 1.85. The van der Waals surface area contributed by atoms with Crippen LogP contribution in [0.5, 0.6) is 5.75 Å². The molecule has 0 fully saturated rings. The molecule has 4 N–H and O–H groups in total. The number of fused-ring (bicyclic) bond motifs is 1. The van der Waals surface area contributed by atoms with Crippen molar-refractivity contribution in [3.05, 3.63) is 81.5 Å². The van der Waals surface area contributed by atoms with E-state index in [1.165, 1.54) is 36.7 Å². The Bertz CT molecular complexity index is 1640. The number of carbonyl (C=O) groups is 1. The number of alkyl halides is 3. The average molecular weight is 595 g/mol. The number of halogens is 5. The molecule has 0 saturated heterocycles. The summed E-state index contributed by atoms with van der Waals surface area (Å²) in [6.07, 6.45) is -1.39. The van der Waals surface area contributed by atoms with Gasteiger partial charge in [0.05, 0.1) is 22.9 Å². The molecule has 14 heteroatoms. The molecule has 218 valence electrons. The zero-order valence-corrected chi connectivity index (χ0v) is 23.4. The number of carbonyl (C=O) groups excluding carboxylic acids is 1. The molecule has 0 bridgehead atoms. The van der Waals surface area contributed by atoms with Crippen LogP contribution in [0.3, 0.4) is 0 Å². The average Bonchev–Trinajstić information content (AvgIpc) is 3.23. The summed E-state index contributed by atoms with van der Waals surface area (Å²) in [7, 11) is 0. The number of hydrogen-bond donors (Lipinski definition) is 3. The van der Waals surface area contributed by atoms with Crippen molar-refractivity contribution < 1.29 is 32.2 Å². The predicted molar refractivity (Wildman–Crippen MR) is 143 cm³/mol. The van der Waals surface area contributed by atoms with Gasteiger partial charge >= 0.3 is 6.18 Å². The number of aromatic nitrogens is 4. The number of aliphatic hydroxyl groups is 1. The molecule has 1 unspecified atom stereocenters. The van der Waals surface area contributed by atoms with Crippen molar-refractivity contribution in [3.63, 3.8) is 0 Å². The smallest absolute Gasteiger partial charge is 0.433 e. The lowest BCUT2D eigenvalue weighted by atomic mass is 9.91. The number of nitrogen functional groups attached to an aromatic ring is 1. The van der Waals surface area contributed by atoms with Crippen LogP contribution >= 0.6 is 11.6 Å². The summed E-state index contributed by atoms with van der Waals surface area (Å²) in [5, 5.41) is 13.9. The number of imidazole rings is 1. The Morgan fingerprint density at radius 1 is 1.20 bits per heavy atom. The number of amides is 1. The number of pyridine rings is 1. The molecule has 3 heterocycles. The highest BCUT2D eigenvalue weighted by molar-refractivity contribution is 6.31. The SMILES string of the molecule is Cc1nc(C(C)(O)c2cc(Cl)c(F)c(C(=O)N[C@H](C)c3ccnc(C(F)(F)F)c3)c2OC(C)C)n2ccnc(N)c12. The van der Waals surface area contributed by atoms with Crippen LogP contribution in [0.15, 0.2) is 36.8 Å². The van der Waals surface area contributed by atoms with Gasteiger partial charge in [0.1, 0.15) is 39.8 Å². The molecule has 0 aliphatic heterocycles. The molecule has 41 heavy (non-hydrogen) atoms. The van der Waals surface area contributed by atoms with E-state index in [0.717, 1.165) is 18.3 Å². The first-order valence-electron chi connectivity index (χ1n) is 12.4. The third kappa shape index (κ3) is 5.64. The van der Waals surface area contributed by atoms with Crippen molar-refractivity contribution >= 4 is 28.8 Å². The summed E-state index contributed by atoms with van der Waals surface area (Å²) >= 11 is 6.23. The lowest BCUT2D eigenvalue weighted by Gasteiger charge is -2.28. The first-order chi connectivity index (χ1) is 19.0. The van der Waals surface area contributed by atoms with E-state index in [1.807, 2.05) is 0 Å². The van der Waals surface area contributed by atoms with Gasteiger partial charge in [0.25, 0.3) is 5.91 Å². The minimum Gasteiger partial charge on any atom is -0.490 e. The van der Waals surface area contributed by atoms with Gasteiger partial charge in [-0.15, -0.1) is 0 Å². The zero-order chi connectivity index (χ0) is 30.4. The van der Waals surface area contributed by atoms with Crippen molar-refractivity contribution in [1.82, 2.24) is 24.7 Å². The molecule has 2 atom stereocenters. The minimum absolute atomic E-state index is 0.0616. The van der Waals surface area contributed by atoms with Crippen LogP contribution in [-0.2, 0) is 11.8 Å². The van der Waals surface area contributed by atoms with E-state index in [2.05, 4.69) is 20.3 Å². The Hall–Kier alpha value is -3.97. The quantitative estimate of drug-likeness (QED) is 0.246. The van der Waals surface area contributed by atoms with Crippen molar-refractivity contribution in [2.24, 2.45) is 0 Å². The van der Waals surface area contributed by atoms with Gasteiger partial charge in [-0.3, -0.25) is 14.2 Å². The van der Waals surface area contributed by atoms with Gasteiger partial charge in [-0.2, -0.15) is 13.2 Å². The van der Waals surface area contributed by atoms with E-state index >= 15 is 4.39 Å². The van der Waals surface area contributed by atoms with Crippen LogP contribution in [-0.4, -0.2) is 36.5 Å². The number of hydrogen-bond acceptors (Lipinski definition) is 7. The molecule has 0 radical (unpaired) electrons. The monoisotopic (exact) mass is 594 g/mol. The van der Waals surface area contributed by atoms with E-state index in [-0.39, 0.29) is 28.5 Å². The first-order valence-corrected chi connectivity index (χ1v) is 12.8. The number of ether oxygens (including phenoxy) is 1. The van der Waals surface area contributed by atoms with Crippen molar-refractivity contribution in [2.75, 3.05) is 5.73 Å². The van der Waals surface area contributed by atoms with Gasteiger partial charge in [-0.1, -0.05) is 11.6 Å². The fourth-order valence-corrected chi connectivity index (χ4v) is 4.66. The van der Waals surface area contributed by atoms with Gasteiger partial charge < -0.3 is 20.9 Å². The highest BCUT2D eigenvalue weighted by atomic mass is 35.5. The van der Waals surface area contributed by atoms with Gasteiger partial charge in [-0.05, 0) is 58.4 Å². The molecule has 9 nitrogen and oxygen atoms in total. The highest BCUT2D eigenvalue weighted by Gasteiger charge is 2.39. The maximum Gasteiger partial charge on any atom is 0.433 e. The van der Waals surface area contributed by atoms with Crippen molar-refractivity contribution in [1.29, 1.82) is 0 Å². The molecule has 3 aromatic heterocycles. The van der Waals surface area contributed by atoms with Crippen LogP contribution in [0.4, 0.5) is 23.4 Å². The van der Waals surface area contributed by atoms with Crippen molar-refractivity contribution in [2.45, 2.75) is 58.5 Å². The fraction of sp³-hybridized carbons (Fsp3) is 0.333.